The van der Waals surface area contributed by atoms with Gasteiger partial charge in [0.05, 0.1) is 5.39 Å². The highest BCUT2D eigenvalue weighted by Gasteiger charge is 2.23. The third-order valence-electron chi connectivity index (χ3n) is 5.84. The lowest BCUT2D eigenvalue weighted by Crippen LogP contribution is -2.42. The first kappa shape index (κ1) is 19.2. The number of hydrogen-bond acceptors (Lipinski definition) is 5. The van der Waals surface area contributed by atoms with Gasteiger partial charge in [-0.3, -0.25) is 4.79 Å². The number of pyridine rings is 1. The number of carbonyl (C=O) groups excluding carboxylic acids is 1. The van der Waals surface area contributed by atoms with E-state index in [2.05, 4.69) is 33.6 Å². The van der Waals surface area contributed by atoms with Gasteiger partial charge in [0.2, 0.25) is 0 Å². The molecule has 0 saturated carbocycles. The number of aromatic nitrogens is 3. The highest BCUT2D eigenvalue weighted by atomic mass is 16.2. The molecular formula is C21H32N6O. The second-order valence-electron chi connectivity index (χ2n) is 8.01. The van der Waals surface area contributed by atoms with Crippen LogP contribution in [-0.2, 0) is 6.54 Å². The molecule has 0 bridgehead atoms. The second-order valence-corrected chi connectivity index (χ2v) is 8.01. The molecule has 2 aromatic heterocycles. The monoisotopic (exact) mass is 384 g/mol. The van der Waals surface area contributed by atoms with Crippen LogP contribution in [0.2, 0.25) is 0 Å². The second kappa shape index (κ2) is 8.90. The smallest absolute Gasteiger partial charge is 0.272 e. The van der Waals surface area contributed by atoms with E-state index in [1.807, 2.05) is 10.7 Å². The Kier molecular flexibility index (Phi) is 6.10. The fourth-order valence-corrected chi connectivity index (χ4v) is 4.27. The molecule has 2 fully saturated rings. The Balaban J connectivity index is 1.62. The molecule has 28 heavy (non-hydrogen) atoms. The number of nitrogens with zero attached hydrogens (tertiary/aromatic N) is 4. The predicted octanol–water partition coefficient (Wildman–Crippen LogP) is 2.70. The summed E-state index contributed by atoms with van der Waals surface area (Å²) in [7, 11) is 0. The SMILES string of the molecule is CCCn1nc(C(=O)NC2CCNCC2)c2ccc(N3CCCCCC3)nc21. The third kappa shape index (κ3) is 4.14. The van der Waals surface area contributed by atoms with Gasteiger partial charge in [0.25, 0.3) is 5.91 Å². The van der Waals surface area contributed by atoms with E-state index in [1.54, 1.807) is 0 Å². The molecule has 152 valence electrons. The third-order valence-corrected chi connectivity index (χ3v) is 5.84. The molecule has 0 aromatic carbocycles. The molecule has 2 saturated heterocycles. The zero-order valence-electron chi connectivity index (χ0n) is 16.9. The highest BCUT2D eigenvalue weighted by molar-refractivity contribution is 6.04. The van der Waals surface area contributed by atoms with Crippen LogP contribution in [0.4, 0.5) is 5.82 Å². The van der Waals surface area contributed by atoms with E-state index in [-0.39, 0.29) is 11.9 Å². The Labute approximate surface area is 166 Å². The first-order valence-electron chi connectivity index (χ1n) is 10.9. The van der Waals surface area contributed by atoms with E-state index in [4.69, 9.17) is 4.98 Å². The normalized spacial score (nSPS) is 19.0. The summed E-state index contributed by atoms with van der Waals surface area (Å²) in [6.45, 7) is 6.93. The van der Waals surface area contributed by atoms with Gasteiger partial charge in [0.1, 0.15) is 5.82 Å². The summed E-state index contributed by atoms with van der Waals surface area (Å²) in [5.41, 5.74) is 1.34. The number of hydrogen-bond donors (Lipinski definition) is 2. The van der Waals surface area contributed by atoms with Gasteiger partial charge < -0.3 is 15.5 Å². The van der Waals surface area contributed by atoms with Crippen LogP contribution in [-0.4, -0.2) is 52.9 Å². The van der Waals surface area contributed by atoms with Crippen LogP contribution in [0.1, 0.15) is 62.4 Å². The number of nitrogens with one attached hydrogen (secondary N) is 2. The molecule has 4 rings (SSSR count). The summed E-state index contributed by atoms with van der Waals surface area (Å²) < 4.78 is 1.91. The molecule has 1 amide bonds. The molecule has 0 atom stereocenters. The molecule has 2 N–H and O–H groups in total. The maximum Gasteiger partial charge on any atom is 0.272 e. The Bertz CT molecular complexity index is 803. The van der Waals surface area contributed by atoms with Gasteiger partial charge in [-0.15, -0.1) is 0 Å². The van der Waals surface area contributed by atoms with E-state index in [9.17, 15) is 4.79 Å². The van der Waals surface area contributed by atoms with Crippen molar-refractivity contribution in [3.05, 3.63) is 17.8 Å². The van der Waals surface area contributed by atoms with Gasteiger partial charge in [-0.05, 0) is 57.3 Å². The van der Waals surface area contributed by atoms with Gasteiger partial charge in [-0.2, -0.15) is 5.10 Å². The van der Waals surface area contributed by atoms with Crippen LogP contribution < -0.4 is 15.5 Å². The molecule has 4 heterocycles. The minimum absolute atomic E-state index is 0.0731. The molecule has 7 heteroatoms. The highest BCUT2D eigenvalue weighted by Crippen LogP contribution is 2.24. The van der Waals surface area contributed by atoms with Gasteiger partial charge in [0, 0.05) is 25.7 Å². The largest absolute Gasteiger partial charge is 0.357 e. The Morgan fingerprint density at radius 2 is 1.93 bits per heavy atom. The van der Waals surface area contributed by atoms with Crippen LogP contribution in [0.25, 0.3) is 11.0 Å². The van der Waals surface area contributed by atoms with Crippen molar-refractivity contribution in [1.29, 1.82) is 0 Å². The van der Waals surface area contributed by atoms with Crippen molar-refractivity contribution in [3.63, 3.8) is 0 Å². The Morgan fingerprint density at radius 3 is 2.64 bits per heavy atom. The standard InChI is InChI=1S/C21H32N6O/c1-2-13-27-20-17(7-8-18(24-20)26-14-5-3-4-6-15-26)19(25-27)21(28)23-16-9-11-22-12-10-16/h7-8,16,22H,2-6,9-15H2,1H3,(H,23,28). The number of anilines is 1. The summed E-state index contributed by atoms with van der Waals surface area (Å²) in [4.78, 5) is 20.3. The summed E-state index contributed by atoms with van der Waals surface area (Å²) in [5, 5.41) is 12.0. The zero-order valence-corrected chi connectivity index (χ0v) is 16.9. The molecule has 0 spiro atoms. The fraction of sp³-hybridized carbons (Fsp3) is 0.667. The number of aryl methyl sites for hydroxylation is 1. The molecule has 2 aromatic rings. The Hall–Kier alpha value is -2.15. The number of amides is 1. The Morgan fingerprint density at radius 1 is 1.18 bits per heavy atom. The summed E-state index contributed by atoms with van der Waals surface area (Å²) in [6, 6.07) is 4.33. The molecule has 7 nitrogen and oxygen atoms in total. The van der Waals surface area contributed by atoms with Crippen LogP contribution in [0.3, 0.4) is 0 Å². The molecule has 2 aliphatic rings. The number of rotatable bonds is 5. The number of piperidine rings is 1. The summed E-state index contributed by atoms with van der Waals surface area (Å²) in [6.07, 6.45) is 7.94. The fourth-order valence-electron chi connectivity index (χ4n) is 4.27. The lowest BCUT2D eigenvalue weighted by atomic mass is 10.1. The van der Waals surface area contributed by atoms with Crippen molar-refractivity contribution in [3.8, 4) is 0 Å². The molecule has 2 aliphatic heterocycles. The van der Waals surface area contributed by atoms with Crippen LogP contribution in [0, 0.1) is 0 Å². The van der Waals surface area contributed by atoms with E-state index in [1.165, 1.54) is 25.7 Å². The maximum atomic E-state index is 12.9. The van der Waals surface area contributed by atoms with E-state index >= 15 is 0 Å². The number of carbonyl (C=O) groups is 1. The summed E-state index contributed by atoms with van der Waals surface area (Å²) >= 11 is 0. The topological polar surface area (TPSA) is 75.1 Å². The average molecular weight is 385 g/mol. The van der Waals surface area contributed by atoms with Crippen LogP contribution in [0.15, 0.2) is 12.1 Å². The van der Waals surface area contributed by atoms with Crippen molar-refractivity contribution in [1.82, 2.24) is 25.4 Å². The van der Waals surface area contributed by atoms with Crippen molar-refractivity contribution in [2.75, 3.05) is 31.1 Å². The molecule has 0 aliphatic carbocycles. The van der Waals surface area contributed by atoms with Crippen molar-refractivity contribution in [2.24, 2.45) is 0 Å². The van der Waals surface area contributed by atoms with E-state index in [0.717, 1.165) is 68.8 Å². The first-order valence-corrected chi connectivity index (χ1v) is 10.9. The summed E-state index contributed by atoms with van der Waals surface area (Å²) in [5.74, 6) is 0.938. The predicted molar refractivity (Wildman–Crippen MR) is 112 cm³/mol. The molecule has 0 unspecified atom stereocenters. The van der Waals surface area contributed by atoms with Crippen molar-refractivity contribution < 1.29 is 4.79 Å². The lowest BCUT2D eigenvalue weighted by Gasteiger charge is -2.23. The van der Waals surface area contributed by atoms with Gasteiger partial charge in [0.15, 0.2) is 11.3 Å². The van der Waals surface area contributed by atoms with Crippen molar-refractivity contribution in [2.45, 2.75) is 64.5 Å². The van der Waals surface area contributed by atoms with Crippen LogP contribution in [0.5, 0.6) is 0 Å². The zero-order chi connectivity index (χ0) is 19.3. The van der Waals surface area contributed by atoms with E-state index < -0.39 is 0 Å². The lowest BCUT2D eigenvalue weighted by molar-refractivity contribution is 0.0925. The molecular weight excluding hydrogens is 352 g/mol. The van der Waals surface area contributed by atoms with Crippen LogP contribution >= 0.6 is 0 Å². The minimum Gasteiger partial charge on any atom is -0.357 e. The van der Waals surface area contributed by atoms with E-state index in [0.29, 0.717) is 5.69 Å². The number of fused-ring (bicyclic) bond motifs is 1. The first-order chi connectivity index (χ1) is 13.8. The quantitative estimate of drug-likeness (QED) is 0.829. The van der Waals surface area contributed by atoms with Gasteiger partial charge in [-0.25, -0.2) is 9.67 Å². The van der Waals surface area contributed by atoms with Gasteiger partial charge >= 0.3 is 0 Å². The average Bonchev–Trinajstić information content (AvgIpc) is 2.89. The van der Waals surface area contributed by atoms with Crippen molar-refractivity contribution >= 4 is 22.8 Å². The maximum absolute atomic E-state index is 12.9. The molecule has 0 radical (unpaired) electrons. The van der Waals surface area contributed by atoms with Gasteiger partial charge in [-0.1, -0.05) is 19.8 Å². The minimum atomic E-state index is -0.0731.